The third kappa shape index (κ3) is 3.39. The van der Waals surface area contributed by atoms with Crippen LogP contribution >= 0.6 is 0 Å². The molecule has 0 N–H and O–H groups in total. The largest absolute Gasteiger partial charge is 0.0616 e. The molecule has 0 amide bonds. The third-order valence-corrected chi connectivity index (χ3v) is 4.52. The van der Waals surface area contributed by atoms with E-state index in [1.165, 1.54) is 37.9 Å². The number of hydrogen-bond acceptors (Lipinski definition) is 0. The van der Waals surface area contributed by atoms with Crippen molar-refractivity contribution < 1.29 is 0 Å². The van der Waals surface area contributed by atoms with E-state index in [9.17, 15) is 0 Å². The van der Waals surface area contributed by atoms with Crippen molar-refractivity contribution in [1.29, 1.82) is 0 Å². The molecule has 0 nitrogen and oxygen atoms in total. The molecule has 5 aromatic rings. The fourth-order valence-electron chi connectivity index (χ4n) is 3.19. The van der Waals surface area contributed by atoms with Crippen molar-refractivity contribution in [1.82, 2.24) is 0 Å². The van der Waals surface area contributed by atoms with Gasteiger partial charge in [-0.15, -0.1) is 0 Å². The lowest BCUT2D eigenvalue weighted by Crippen LogP contribution is -1.77. The maximum absolute atomic E-state index is 2.26. The smallest absolute Gasteiger partial charge is 0.0175 e. The van der Waals surface area contributed by atoms with Gasteiger partial charge in [-0.05, 0) is 51.4 Å². The summed E-state index contributed by atoms with van der Waals surface area (Å²) in [5.74, 6) is 0. The summed E-state index contributed by atoms with van der Waals surface area (Å²) in [5, 5.41) is 7.90. The van der Waals surface area contributed by atoms with E-state index in [4.69, 9.17) is 0 Å². The van der Waals surface area contributed by atoms with E-state index in [0.717, 1.165) is 0 Å². The lowest BCUT2D eigenvalue weighted by Gasteiger charge is -2.02. The second kappa shape index (κ2) is 6.78. The molecule has 0 aliphatic rings. The number of fused-ring (bicyclic) bond motifs is 3. The molecule has 0 aliphatic heterocycles. The Bertz CT molecular complexity index is 1090. The van der Waals surface area contributed by atoms with Crippen molar-refractivity contribution in [3.05, 3.63) is 109 Å². The first-order valence-electron chi connectivity index (χ1n) is 8.62. The SMILES string of the molecule is Cc1ccc2cc3ccccc3cc2c1.c1ccc2ccccc2c1. The lowest BCUT2D eigenvalue weighted by atomic mass is 10.0. The Morgan fingerprint density at radius 1 is 0.360 bits per heavy atom. The normalized spacial score (nSPS) is 10.6. The maximum Gasteiger partial charge on any atom is -0.0175 e. The Hall–Kier alpha value is -3.12. The zero-order chi connectivity index (χ0) is 17.1. The first-order chi connectivity index (χ1) is 12.3. The van der Waals surface area contributed by atoms with Gasteiger partial charge in [0.25, 0.3) is 0 Å². The summed E-state index contributed by atoms with van der Waals surface area (Å²) >= 11 is 0. The second-order valence-electron chi connectivity index (χ2n) is 6.40. The predicted molar refractivity (Wildman–Crippen MR) is 110 cm³/mol. The van der Waals surface area contributed by atoms with Gasteiger partial charge < -0.3 is 0 Å². The molecule has 5 aromatic carbocycles. The van der Waals surface area contributed by atoms with Crippen LogP contribution in [0.15, 0.2) is 103 Å². The fourth-order valence-corrected chi connectivity index (χ4v) is 3.19. The molecule has 0 saturated heterocycles. The molecule has 0 heterocycles. The van der Waals surface area contributed by atoms with Crippen LogP contribution in [-0.2, 0) is 0 Å². The highest BCUT2D eigenvalue weighted by atomic mass is 14.0. The molecule has 0 aliphatic carbocycles. The Morgan fingerprint density at radius 2 is 0.760 bits per heavy atom. The second-order valence-corrected chi connectivity index (χ2v) is 6.40. The Morgan fingerprint density at radius 3 is 1.28 bits per heavy atom. The first-order valence-corrected chi connectivity index (χ1v) is 8.62. The molecule has 0 radical (unpaired) electrons. The molecular weight excluding hydrogens is 300 g/mol. The lowest BCUT2D eigenvalue weighted by molar-refractivity contribution is 1.51. The van der Waals surface area contributed by atoms with Gasteiger partial charge in [-0.3, -0.25) is 0 Å². The number of rotatable bonds is 0. The van der Waals surface area contributed by atoms with Gasteiger partial charge >= 0.3 is 0 Å². The van der Waals surface area contributed by atoms with Crippen molar-refractivity contribution in [2.45, 2.75) is 6.92 Å². The van der Waals surface area contributed by atoms with Gasteiger partial charge in [0.2, 0.25) is 0 Å². The van der Waals surface area contributed by atoms with Crippen LogP contribution < -0.4 is 0 Å². The molecule has 0 atom stereocenters. The van der Waals surface area contributed by atoms with Gasteiger partial charge in [-0.25, -0.2) is 0 Å². The molecule has 0 saturated carbocycles. The predicted octanol–water partition coefficient (Wildman–Crippen LogP) is 7.14. The van der Waals surface area contributed by atoms with Crippen LogP contribution in [0.2, 0.25) is 0 Å². The third-order valence-electron chi connectivity index (χ3n) is 4.52. The minimum Gasteiger partial charge on any atom is -0.0616 e. The van der Waals surface area contributed by atoms with E-state index >= 15 is 0 Å². The Balaban J connectivity index is 0.000000136. The molecule has 0 bridgehead atoms. The van der Waals surface area contributed by atoms with Gasteiger partial charge in [0.15, 0.2) is 0 Å². The first kappa shape index (κ1) is 15.4. The van der Waals surface area contributed by atoms with Crippen LogP contribution in [0.25, 0.3) is 32.3 Å². The fraction of sp³-hybridized carbons (Fsp3) is 0.0400. The van der Waals surface area contributed by atoms with Gasteiger partial charge in [0, 0.05) is 0 Å². The molecule has 0 unspecified atom stereocenters. The number of aryl methyl sites for hydroxylation is 1. The molecule has 0 fully saturated rings. The zero-order valence-corrected chi connectivity index (χ0v) is 14.3. The van der Waals surface area contributed by atoms with Crippen molar-refractivity contribution in [3.63, 3.8) is 0 Å². The summed E-state index contributed by atoms with van der Waals surface area (Å²) in [6.45, 7) is 2.13. The molecule has 0 heteroatoms. The summed E-state index contributed by atoms with van der Waals surface area (Å²) < 4.78 is 0. The zero-order valence-electron chi connectivity index (χ0n) is 14.3. The summed E-state index contributed by atoms with van der Waals surface area (Å²) in [7, 11) is 0. The molecule has 0 aromatic heterocycles. The van der Waals surface area contributed by atoms with Crippen molar-refractivity contribution in [2.24, 2.45) is 0 Å². The van der Waals surface area contributed by atoms with Gasteiger partial charge in [0.05, 0.1) is 0 Å². The summed E-state index contributed by atoms with van der Waals surface area (Å²) in [5.41, 5.74) is 1.32. The topological polar surface area (TPSA) is 0 Å². The quantitative estimate of drug-likeness (QED) is 0.266. The van der Waals surface area contributed by atoms with Crippen molar-refractivity contribution in [2.75, 3.05) is 0 Å². The monoisotopic (exact) mass is 320 g/mol. The van der Waals surface area contributed by atoms with Crippen LogP contribution in [0.5, 0.6) is 0 Å². The highest BCUT2D eigenvalue weighted by molar-refractivity contribution is 5.98. The molecule has 120 valence electrons. The minimum absolute atomic E-state index is 1.31. The molecular formula is C25H20. The van der Waals surface area contributed by atoms with E-state index in [2.05, 4.69) is 110 Å². The minimum atomic E-state index is 1.31. The number of benzene rings is 5. The molecule has 0 spiro atoms. The molecule has 25 heavy (non-hydrogen) atoms. The van der Waals surface area contributed by atoms with Crippen LogP contribution in [0.3, 0.4) is 0 Å². The van der Waals surface area contributed by atoms with Crippen molar-refractivity contribution in [3.8, 4) is 0 Å². The highest BCUT2D eigenvalue weighted by Gasteiger charge is 1.97. The van der Waals surface area contributed by atoms with E-state index in [1.54, 1.807) is 0 Å². The van der Waals surface area contributed by atoms with E-state index in [1.807, 2.05) is 0 Å². The summed E-state index contributed by atoms with van der Waals surface area (Å²) in [6, 6.07) is 36.3. The van der Waals surface area contributed by atoms with E-state index < -0.39 is 0 Å². The van der Waals surface area contributed by atoms with Gasteiger partial charge in [0.1, 0.15) is 0 Å². The van der Waals surface area contributed by atoms with Crippen LogP contribution in [0, 0.1) is 6.92 Å². The number of hydrogen-bond donors (Lipinski definition) is 0. The van der Waals surface area contributed by atoms with E-state index in [-0.39, 0.29) is 0 Å². The van der Waals surface area contributed by atoms with Crippen LogP contribution in [0.4, 0.5) is 0 Å². The van der Waals surface area contributed by atoms with Crippen LogP contribution in [0.1, 0.15) is 5.56 Å². The van der Waals surface area contributed by atoms with E-state index in [0.29, 0.717) is 0 Å². The van der Waals surface area contributed by atoms with Gasteiger partial charge in [-0.2, -0.15) is 0 Å². The Kier molecular flexibility index (Phi) is 4.18. The summed E-state index contributed by atoms with van der Waals surface area (Å²) in [6.07, 6.45) is 0. The maximum atomic E-state index is 2.26. The average molecular weight is 320 g/mol. The molecule has 5 rings (SSSR count). The van der Waals surface area contributed by atoms with Crippen molar-refractivity contribution >= 4 is 32.3 Å². The van der Waals surface area contributed by atoms with Gasteiger partial charge in [-0.1, -0.05) is 96.6 Å². The average Bonchev–Trinajstić information content (AvgIpc) is 2.67. The van der Waals surface area contributed by atoms with Crippen LogP contribution in [-0.4, -0.2) is 0 Å². The standard InChI is InChI=1S/C15H12.C10H8/c1-11-6-7-14-9-12-4-2-3-5-13(12)10-15(14)8-11;1-2-6-10-8-4-3-7-9(10)5-1/h2-10H,1H3;1-8H. The Labute approximate surface area is 148 Å². The highest BCUT2D eigenvalue weighted by Crippen LogP contribution is 2.23. The summed E-state index contributed by atoms with van der Waals surface area (Å²) in [4.78, 5) is 0.